The molecular formula is C17H18F2N2OS. The monoisotopic (exact) mass is 336 g/mol. The number of hydrogen-bond donors (Lipinski definition) is 2. The fourth-order valence-electron chi connectivity index (χ4n) is 2.10. The van der Waals surface area contributed by atoms with Crippen molar-refractivity contribution in [1.29, 1.82) is 0 Å². The van der Waals surface area contributed by atoms with Crippen molar-refractivity contribution in [3.63, 3.8) is 0 Å². The van der Waals surface area contributed by atoms with Crippen LogP contribution in [0.4, 0.5) is 20.2 Å². The van der Waals surface area contributed by atoms with Gasteiger partial charge in [0.1, 0.15) is 0 Å². The summed E-state index contributed by atoms with van der Waals surface area (Å²) >= 11 is 0.479. The van der Waals surface area contributed by atoms with E-state index in [4.69, 9.17) is 0 Å². The molecule has 0 heterocycles. The van der Waals surface area contributed by atoms with Gasteiger partial charge < -0.3 is 10.6 Å². The summed E-state index contributed by atoms with van der Waals surface area (Å²) in [6.45, 7) is 2.20. The third kappa shape index (κ3) is 5.56. The van der Waals surface area contributed by atoms with Crippen LogP contribution >= 0.6 is 11.8 Å². The van der Waals surface area contributed by atoms with Gasteiger partial charge in [-0.3, -0.25) is 4.79 Å². The second-order valence-electron chi connectivity index (χ2n) is 4.82. The van der Waals surface area contributed by atoms with E-state index in [1.54, 1.807) is 24.3 Å². The third-order valence-electron chi connectivity index (χ3n) is 3.20. The molecule has 0 aromatic heterocycles. The first kappa shape index (κ1) is 17.3. The normalized spacial score (nSPS) is 10.6. The lowest BCUT2D eigenvalue weighted by molar-refractivity contribution is -0.114. The van der Waals surface area contributed by atoms with E-state index in [9.17, 15) is 13.6 Å². The summed E-state index contributed by atoms with van der Waals surface area (Å²) in [6.07, 6.45) is 0.883. The number of hydrogen-bond acceptors (Lipinski definition) is 3. The molecule has 0 atom stereocenters. The number of aryl methyl sites for hydroxylation is 1. The van der Waals surface area contributed by atoms with Gasteiger partial charge in [0.15, 0.2) is 0 Å². The molecule has 0 radical (unpaired) electrons. The van der Waals surface area contributed by atoms with Crippen LogP contribution in [-0.4, -0.2) is 18.2 Å². The second kappa shape index (κ2) is 8.53. The minimum atomic E-state index is -2.45. The molecule has 6 heteroatoms. The fraction of sp³-hybridized carbons (Fsp3) is 0.235. The third-order valence-corrected chi connectivity index (χ3v) is 3.92. The highest BCUT2D eigenvalue weighted by Crippen LogP contribution is 2.26. The van der Waals surface area contributed by atoms with Crippen molar-refractivity contribution in [3.8, 4) is 0 Å². The number of halogens is 2. The van der Waals surface area contributed by atoms with Gasteiger partial charge in [0.05, 0.1) is 6.54 Å². The van der Waals surface area contributed by atoms with Gasteiger partial charge in [0.2, 0.25) is 5.91 Å². The van der Waals surface area contributed by atoms with Crippen molar-refractivity contribution >= 4 is 29.0 Å². The maximum Gasteiger partial charge on any atom is 0.288 e. The minimum Gasteiger partial charge on any atom is -0.376 e. The number of thioether (sulfide) groups is 1. The average molecular weight is 336 g/mol. The lowest BCUT2D eigenvalue weighted by atomic mass is 10.1. The summed E-state index contributed by atoms with van der Waals surface area (Å²) in [6, 6.07) is 14.2. The molecule has 2 aromatic carbocycles. The Labute approximate surface area is 138 Å². The zero-order valence-corrected chi connectivity index (χ0v) is 13.5. The van der Waals surface area contributed by atoms with Crippen molar-refractivity contribution in [3.05, 3.63) is 54.1 Å². The molecule has 0 aliphatic rings. The van der Waals surface area contributed by atoms with Gasteiger partial charge in [0.25, 0.3) is 5.76 Å². The van der Waals surface area contributed by atoms with E-state index in [1.165, 1.54) is 0 Å². The summed E-state index contributed by atoms with van der Waals surface area (Å²) in [7, 11) is 0. The highest BCUT2D eigenvalue weighted by Gasteiger charge is 2.07. The number of benzene rings is 2. The van der Waals surface area contributed by atoms with Crippen LogP contribution in [0.25, 0.3) is 0 Å². The van der Waals surface area contributed by atoms with Crippen LogP contribution in [0.3, 0.4) is 0 Å². The van der Waals surface area contributed by atoms with Crippen molar-refractivity contribution in [2.24, 2.45) is 0 Å². The Balaban J connectivity index is 1.87. The van der Waals surface area contributed by atoms with E-state index in [1.807, 2.05) is 24.3 Å². The van der Waals surface area contributed by atoms with Crippen LogP contribution in [0.15, 0.2) is 53.4 Å². The van der Waals surface area contributed by atoms with Gasteiger partial charge in [-0.2, -0.15) is 8.78 Å². The topological polar surface area (TPSA) is 41.1 Å². The Morgan fingerprint density at radius 3 is 2.48 bits per heavy atom. The first-order valence-corrected chi connectivity index (χ1v) is 8.13. The molecule has 2 N–H and O–H groups in total. The number of carbonyl (C=O) groups excluding carboxylic acids is 1. The molecule has 122 valence electrons. The quantitative estimate of drug-likeness (QED) is 0.725. The molecule has 0 aliphatic heterocycles. The number of alkyl halides is 2. The highest BCUT2D eigenvalue weighted by molar-refractivity contribution is 7.99. The lowest BCUT2D eigenvalue weighted by Crippen LogP contribution is -2.22. The molecule has 2 aromatic rings. The molecule has 0 aliphatic carbocycles. The Morgan fingerprint density at radius 2 is 1.83 bits per heavy atom. The Hall–Kier alpha value is -2.08. The predicted molar refractivity (Wildman–Crippen MR) is 91.2 cm³/mol. The maximum atomic E-state index is 12.2. The summed E-state index contributed by atoms with van der Waals surface area (Å²) in [4.78, 5) is 12.4. The molecule has 0 bridgehead atoms. The van der Waals surface area contributed by atoms with Gasteiger partial charge in [0, 0.05) is 16.3 Å². The van der Waals surface area contributed by atoms with Gasteiger partial charge in [-0.05, 0) is 42.3 Å². The standard InChI is InChI=1S/C17H18F2N2OS/c1-2-12-5-3-4-6-15(12)20-11-16(22)21-13-7-9-14(10-8-13)23-17(18)19/h3-10,17,20H,2,11H2,1H3,(H,21,22). The lowest BCUT2D eigenvalue weighted by Gasteiger charge is -2.11. The summed E-state index contributed by atoms with van der Waals surface area (Å²) in [5.74, 6) is -2.64. The molecule has 0 saturated carbocycles. The zero-order chi connectivity index (χ0) is 16.7. The molecule has 23 heavy (non-hydrogen) atoms. The highest BCUT2D eigenvalue weighted by atomic mass is 32.2. The van der Waals surface area contributed by atoms with Gasteiger partial charge in [-0.15, -0.1) is 0 Å². The predicted octanol–water partition coefficient (Wildman–Crippen LogP) is 4.61. The van der Waals surface area contributed by atoms with Crippen molar-refractivity contribution in [2.45, 2.75) is 24.0 Å². The summed E-state index contributed by atoms with van der Waals surface area (Å²) < 4.78 is 24.5. The van der Waals surface area contributed by atoms with E-state index in [2.05, 4.69) is 17.6 Å². The number of para-hydroxylation sites is 1. The number of nitrogens with one attached hydrogen (secondary N) is 2. The average Bonchev–Trinajstić information content (AvgIpc) is 2.54. The van der Waals surface area contributed by atoms with Crippen LogP contribution in [0.1, 0.15) is 12.5 Å². The van der Waals surface area contributed by atoms with Crippen molar-refractivity contribution in [1.82, 2.24) is 0 Å². The second-order valence-corrected chi connectivity index (χ2v) is 5.88. The van der Waals surface area contributed by atoms with Crippen LogP contribution in [0.5, 0.6) is 0 Å². The largest absolute Gasteiger partial charge is 0.376 e. The Bertz CT molecular complexity index is 647. The van der Waals surface area contributed by atoms with E-state index in [0.717, 1.165) is 17.7 Å². The van der Waals surface area contributed by atoms with Gasteiger partial charge in [-0.1, -0.05) is 36.9 Å². The SMILES string of the molecule is CCc1ccccc1NCC(=O)Nc1ccc(SC(F)F)cc1. The number of carbonyl (C=O) groups is 1. The maximum absolute atomic E-state index is 12.2. The summed E-state index contributed by atoms with van der Waals surface area (Å²) in [5, 5.41) is 5.84. The van der Waals surface area contributed by atoms with E-state index in [-0.39, 0.29) is 12.5 Å². The van der Waals surface area contributed by atoms with Crippen LogP contribution in [0, 0.1) is 0 Å². The van der Waals surface area contributed by atoms with Crippen molar-refractivity contribution < 1.29 is 13.6 Å². The van der Waals surface area contributed by atoms with Gasteiger partial charge >= 0.3 is 0 Å². The summed E-state index contributed by atoms with van der Waals surface area (Å²) in [5.41, 5.74) is 2.67. The first-order chi connectivity index (χ1) is 11.1. The smallest absolute Gasteiger partial charge is 0.288 e. The Kier molecular flexibility index (Phi) is 6.40. The molecule has 3 nitrogen and oxygen atoms in total. The minimum absolute atomic E-state index is 0.143. The first-order valence-electron chi connectivity index (χ1n) is 7.25. The van der Waals surface area contributed by atoms with Gasteiger partial charge in [-0.25, -0.2) is 0 Å². The Morgan fingerprint density at radius 1 is 1.13 bits per heavy atom. The molecule has 0 saturated heterocycles. The van der Waals surface area contributed by atoms with Crippen LogP contribution < -0.4 is 10.6 Å². The number of rotatable bonds is 7. The van der Waals surface area contributed by atoms with Crippen LogP contribution in [0.2, 0.25) is 0 Å². The van der Waals surface area contributed by atoms with Crippen molar-refractivity contribution in [2.75, 3.05) is 17.2 Å². The molecular weight excluding hydrogens is 318 g/mol. The number of anilines is 2. The van der Waals surface area contributed by atoms with E-state index in [0.29, 0.717) is 22.3 Å². The molecule has 0 fully saturated rings. The molecule has 0 spiro atoms. The van der Waals surface area contributed by atoms with E-state index < -0.39 is 5.76 Å². The zero-order valence-electron chi connectivity index (χ0n) is 12.7. The fourth-order valence-corrected chi connectivity index (χ4v) is 2.60. The molecule has 1 amide bonds. The van der Waals surface area contributed by atoms with Crippen LogP contribution in [-0.2, 0) is 11.2 Å². The van der Waals surface area contributed by atoms with E-state index >= 15 is 0 Å². The molecule has 0 unspecified atom stereocenters. The molecule has 2 rings (SSSR count). The number of amides is 1.